The molecular weight excluding hydrogens is 580 g/mol. The molecule has 0 radical (unpaired) electrons. The number of ether oxygens (including phenoxy) is 1. The van der Waals surface area contributed by atoms with Crippen LogP contribution in [0.3, 0.4) is 0 Å². The van der Waals surface area contributed by atoms with Gasteiger partial charge in [0.05, 0.1) is 40.2 Å². The van der Waals surface area contributed by atoms with Crippen molar-refractivity contribution < 1.29 is 13.7 Å². The number of rotatable bonds is 4. The highest BCUT2D eigenvalue weighted by atomic mass is 32.2. The highest BCUT2D eigenvalue weighted by Crippen LogP contribution is 2.53. The van der Waals surface area contributed by atoms with Gasteiger partial charge in [-0.3, -0.25) is 4.79 Å². The van der Waals surface area contributed by atoms with Crippen molar-refractivity contribution in [3.63, 3.8) is 0 Å². The van der Waals surface area contributed by atoms with E-state index in [0.717, 1.165) is 79.1 Å². The molecule has 2 aliphatic heterocycles. The van der Waals surface area contributed by atoms with E-state index >= 15 is 0 Å². The van der Waals surface area contributed by atoms with Crippen LogP contribution in [0.2, 0.25) is 0 Å². The maximum absolute atomic E-state index is 14.5. The number of fused-ring (bicyclic) bond motifs is 13. The van der Waals surface area contributed by atoms with E-state index in [1.165, 1.54) is 5.52 Å². The maximum Gasteiger partial charge on any atom is 0.255 e. The first-order chi connectivity index (χ1) is 21.7. The summed E-state index contributed by atoms with van der Waals surface area (Å²) in [4.78, 5) is 16.5. The van der Waals surface area contributed by atoms with Gasteiger partial charge in [-0.25, -0.2) is 4.21 Å². The Morgan fingerprint density at radius 1 is 0.889 bits per heavy atom. The summed E-state index contributed by atoms with van der Waals surface area (Å²) >= 11 is 0. The van der Waals surface area contributed by atoms with E-state index in [9.17, 15) is 9.00 Å². The molecule has 2 bridgehead atoms. The number of carbonyl (C=O) groups excluding carboxylic acids is 1. The molecular formula is C37H34N4O3S. The Morgan fingerprint density at radius 2 is 1.53 bits per heavy atom. The largest absolute Gasteiger partial charge is 0.497 e. The number of hydrogen-bond acceptors (Lipinski definition) is 3. The average molecular weight is 615 g/mol. The Labute approximate surface area is 263 Å². The first-order valence-electron chi connectivity index (χ1n) is 15.7. The lowest BCUT2D eigenvalue weighted by molar-refractivity contribution is 0.0768. The summed E-state index contributed by atoms with van der Waals surface area (Å²) in [5, 5.41) is 4.49. The molecule has 1 saturated carbocycles. The Morgan fingerprint density at radius 3 is 2.22 bits per heavy atom. The van der Waals surface area contributed by atoms with Crippen LogP contribution in [0.25, 0.3) is 43.6 Å². The van der Waals surface area contributed by atoms with Gasteiger partial charge in [-0.05, 0) is 62.6 Å². The Balaban J connectivity index is 1.36. The van der Waals surface area contributed by atoms with Crippen molar-refractivity contribution in [2.24, 2.45) is 4.40 Å². The van der Waals surface area contributed by atoms with E-state index in [4.69, 9.17) is 9.13 Å². The number of methoxy groups -OCH3 is 1. The van der Waals surface area contributed by atoms with Crippen LogP contribution in [0, 0.1) is 0 Å². The van der Waals surface area contributed by atoms with Crippen LogP contribution in [0.15, 0.2) is 77.2 Å². The fraction of sp³-hybridized carbons (Fsp3) is 0.297. The number of benzene rings is 4. The van der Waals surface area contributed by atoms with Crippen molar-refractivity contribution in [3.8, 4) is 5.75 Å². The second-order valence-electron chi connectivity index (χ2n) is 13.6. The van der Waals surface area contributed by atoms with E-state index < -0.39 is 15.7 Å². The van der Waals surface area contributed by atoms with Crippen LogP contribution in [-0.2, 0) is 24.1 Å². The fourth-order valence-corrected chi connectivity index (χ4v) is 8.75. The predicted molar refractivity (Wildman–Crippen MR) is 182 cm³/mol. The zero-order chi connectivity index (χ0) is 30.8. The molecule has 1 fully saturated rings. The lowest BCUT2D eigenvalue weighted by Gasteiger charge is -2.20. The molecule has 3 aliphatic rings. The Hall–Kier alpha value is -4.43. The molecule has 226 valence electrons. The van der Waals surface area contributed by atoms with Crippen LogP contribution in [-0.4, -0.2) is 41.7 Å². The smallest absolute Gasteiger partial charge is 0.255 e. The van der Waals surface area contributed by atoms with Gasteiger partial charge in [0.2, 0.25) is 0 Å². The van der Waals surface area contributed by atoms with E-state index in [0.29, 0.717) is 13.1 Å². The van der Waals surface area contributed by atoms with Crippen molar-refractivity contribution in [2.75, 3.05) is 7.11 Å². The van der Waals surface area contributed by atoms with Gasteiger partial charge < -0.3 is 18.8 Å². The molecule has 7 nitrogen and oxygen atoms in total. The molecule has 6 aromatic rings. The van der Waals surface area contributed by atoms with Gasteiger partial charge in [-0.1, -0.05) is 48.5 Å². The molecule has 0 saturated heterocycles. The molecule has 4 heterocycles. The van der Waals surface area contributed by atoms with Gasteiger partial charge in [-0.2, -0.15) is 4.40 Å². The van der Waals surface area contributed by atoms with Crippen molar-refractivity contribution in [3.05, 3.63) is 89.5 Å². The monoisotopic (exact) mass is 614 g/mol. The summed E-state index contributed by atoms with van der Waals surface area (Å²) in [6.45, 7) is 7.03. The molecule has 0 N–H and O–H groups in total. The van der Waals surface area contributed by atoms with Gasteiger partial charge in [-0.15, -0.1) is 0 Å². The zero-order valence-corrected chi connectivity index (χ0v) is 26.6. The second-order valence-corrected chi connectivity index (χ2v) is 15.5. The summed E-state index contributed by atoms with van der Waals surface area (Å²) in [6, 6.07) is 25.3. The second kappa shape index (κ2) is 9.30. The molecule has 1 unspecified atom stereocenters. The van der Waals surface area contributed by atoms with Gasteiger partial charge in [0.25, 0.3) is 5.91 Å². The van der Waals surface area contributed by atoms with Gasteiger partial charge in [0.15, 0.2) is 0 Å². The van der Waals surface area contributed by atoms with Crippen molar-refractivity contribution in [1.82, 2.24) is 14.0 Å². The zero-order valence-electron chi connectivity index (χ0n) is 25.8. The normalized spacial score (nSPS) is 20.8. The van der Waals surface area contributed by atoms with E-state index in [-0.39, 0.29) is 18.0 Å². The van der Waals surface area contributed by atoms with Crippen LogP contribution in [0.5, 0.6) is 5.75 Å². The summed E-state index contributed by atoms with van der Waals surface area (Å²) in [5.74, 6) is 0.886. The number of carbonyl (C=O) groups is 1. The molecule has 1 aliphatic carbocycles. The minimum Gasteiger partial charge on any atom is -0.497 e. The minimum atomic E-state index is -1.35. The SMILES string of the molecule is COc1ccc(CN2Cc3c(c4c5ccccc5n5c4c4c3c3ccccc3n4[C@@H]3C[C@H]5CC3=NS(=O)C(C)(C)C)C2=O)cc1. The third kappa shape index (κ3) is 3.66. The maximum atomic E-state index is 14.5. The first-order valence-corrected chi connectivity index (χ1v) is 16.8. The molecule has 8 heteroatoms. The first kappa shape index (κ1) is 26.9. The molecule has 9 rings (SSSR count). The molecule has 4 aromatic carbocycles. The van der Waals surface area contributed by atoms with Gasteiger partial charge in [0.1, 0.15) is 16.7 Å². The van der Waals surface area contributed by atoms with Crippen molar-refractivity contribution >= 4 is 66.2 Å². The van der Waals surface area contributed by atoms with E-state index in [1.807, 2.05) is 49.9 Å². The van der Waals surface area contributed by atoms with E-state index in [1.54, 1.807) is 7.11 Å². The fourth-order valence-electron chi connectivity index (χ4n) is 8.07. The number of hydrogen-bond donors (Lipinski definition) is 0. The number of nitrogens with zero attached hydrogens (tertiary/aromatic N) is 4. The van der Waals surface area contributed by atoms with E-state index in [2.05, 4.69) is 57.7 Å². The summed E-state index contributed by atoms with van der Waals surface area (Å²) < 4.78 is 28.3. The number of amides is 1. The molecule has 2 aromatic heterocycles. The number of aromatic nitrogens is 2. The summed E-state index contributed by atoms with van der Waals surface area (Å²) in [6.07, 6.45) is 1.61. The summed E-state index contributed by atoms with van der Waals surface area (Å²) in [5.41, 5.74) is 8.61. The Bertz CT molecular complexity index is 2300. The van der Waals surface area contributed by atoms with Gasteiger partial charge >= 0.3 is 0 Å². The quantitative estimate of drug-likeness (QED) is 0.203. The highest BCUT2D eigenvalue weighted by Gasteiger charge is 2.44. The van der Waals surface area contributed by atoms with Gasteiger partial charge in [0, 0.05) is 58.1 Å². The number of para-hydroxylation sites is 2. The van der Waals surface area contributed by atoms with Crippen LogP contribution in [0.1, 0.15) is 67.2 Å². The lowest BCUT2D eigenvalue weighted by Crippen LogP contribution is -2.23. The van der Waals surface area contributed by atoms with Crippen LogP contribution >= 0.6 is 0 Å². The lowest BCUT2D eigenvalue weighted by atomic mass is 9.97. The predicted octanol–water partition coefficient (Wildman–Crippen LogP) is 7.86. The highest BCUT2D eigenvalue weighted by molar-refractivity contribution is 7.85. The average Bonchev–Trinajstić information content (AvgIpc) is 3.74. The third-order valence-electron chi connectivity index (χ3n) is 10.0. The van der Waals surface area contributed by atoms with Crippen molar-refractivity contribution in [2.45, 2.75) is 63.5 Å². The standard InChI is InChI=1S/C37H34N4O3S/c1-37(2,3)45(43)38-27-17-22-18-30(27)41-29-12-8-5-9-24(29)31-26-20-39(19-21-13-15-23(44-4)16-14-21)36(42)33(26)32-25-10-6-7-11-28(25)40(22)35(32)34(31)41/h5-16,22,30H,17-20H2,1-4H3/t22-,30-,45?/m1/s1. The topological polar surface area (TPSA) is 68.8 Å². The molecule has 0 spiro atoms. The molecule has 3 atom stereocenters. The Kier molecular flexibility index (Phi) is 5.56. The third-order valence-corrected chi connectivity index (χ3v) is 11.5. The molecule has 1 amide bonds. The minimum absolute atomic E-state index is 0.00359. The molecule has 45 heavy (non-hydrogen) atoms. The van der Waals surface area contributed by atoms with Crippen LogP contribution < -0.4 is 4.74 Å². The summed E-state index contributed by atoms with van der Waals surface area (Å²) in [7, 11) is 0.315. The van der Waals surface area contributed by atoms with Crippen LogP contribution in [0.4, 0.5) is 0 Å². The van der Waals surface area contributed by atoms with Crippen molar-refractivity contribution in [1.29, 1.82) is 0 Å².